The molecule has 130 valence electrons. The van der Waals surface area contributed by atoms with Crippen molar-refractivity contribution in [2.24, 2.45) is 9.98 Å². The third kappa shape index (κ3) is 5.34. The molecule has 0 aliphatic rings. The molecule has 7 heteroatoms. The summed E-state index contributed by atoms with van der Waals surface area (Å²) < 4.78 is 7.99. The molecule has 0 aliphatic carbocycles. The highest BCUT2D eigenvalue weighted by Gasteiger charge is 2.09. The first kappa shape index (κ1) is 19.6. The molecule has 0 amide bonds. The third-order valence-corrected chi connectivity index (χ3v) is 3.16. The molecule has 24 heavy (non-hydrogen) atoms. The molecule has 0 bridgehead atoms. The minimum atomic E-state index is 0. The van der Waals surface area contributed by atoms with Gasteiger partial charge in [0.2, 0.25) is 5.96 Å². The van der Waals surface area contributed by atoms with Crippen LogP contribution in [0.3, 0.4) is 0 Å². The van der Waals surface area contributed by atoms with Crippen LogP contribution in [0.15, 0.2) is 40.6 Å². The number of aryl methyl sites for hydroxylation is 1. The van der Waals surface area contributed by atoms with E-state index < -0.39 is 0 Å². The fourth-order valence-electron chi connectivity index (χ4n) is 1.92. The Morgan fingerprint density at radius 1 is 1.38 bits per heavy atom. The molecule has 0 atom stereocenters. The van der Waals surface area contributed by atoms with Crippen LogP contribution in [0.1, 0.15) is 26.5 Å². The Balaban J connectivity index is 0.00000185. The molecule has 2 aromatic rings. The van der Waals surface area contributed by atoms with Crippen LogP contribution in [0.25, 0.3) is 11.3 Å². The molecule has 2 rings (SSSR count). The molecule has 0 spiro atoms. The van der Waals surface area contributed by atoms with Gasteiger partial charge in [-0.1, -0.05) is 26.7 Å². The van der Waals surface area contributed by atoms with E-state index in [4.69, 9.17) is 4.74 Å². The maximum Gasteiger partial charge on any atom is 0.227 e. The van der Waals surface area contributed by atoms with Crippen molar-refractivity contribution in [1.82, 2.24) is 14.7 Å². The van der Waals surface area contributed by atoms with E-state index in [1.54, 1.807) is 19.5 Å². The van der Waals surface area contributed by atoms with Crippen molar-refractivity contribution in [2.75, 3.05) is 7.11 Å². The van der Waals surface area contributed by atoms with Crippen molar-refractivity contribution >= 4 is 25.5 Å². The summed E-state index contributed by atoms with van der Waals surface area (Å²) in [6.45, 7) is 9.74. The molecule has 0 aromatic carbocycles. The lowest BCUT2D eigenvalue weighted by atomic mass is 10.1. The molecule has 0 aliphatic heterocycles. The lowest BCUT2D eigenvalue weighted by Gasteiger charge is -2.09. The van der Waals surface area contributed by atoms with Crippen LogP contribution in [-0.2, 0) is 6.54 Å². The average Bonchev–Trinajstić information content (AvgIpc) is 2.64. The largest absolute Gasteiger partial charge is 0.494 e. The fraction of sp³-hybridized carbons (Fsp3) is 0.294. The first-order valence-electron chi connectivity index (χ1n) is 7.55. The molecule has 0 unspecified atom stereocenters. The number of thiol groups is 1. The number of aliphatic imine (C=N–C) groups is 2. The first-order valence-corrected chi connectivity index (χ1v) is 8.00. The Kier molecular flexibility index (Phi) is 8.49. The van der Waals surface area contributed by atoms with Gasteiger partial charge in [-0.05, 0) is 37.4 Å². The molecule has 6 nitrogen and oxygen atoms in total. The molecule has 0 radical (unpaired) electrons. The Hall–Kier alpha value is -2.41. The van der Waals surface area contributed by atoms with E-state index in [1.165, 1.54) is 0 Å². The van der Waals surface area contributed by atoms with Gasteiger partial charge in [-0.3, -0.25) is 9.97 Å². The van der Waals surface area contributed by atoms with Gasteiger partial charge in [0.25, 0.3) is 0 Å². The van der Waals surface area contributed by atoms with Gasteiger partial charge in [-0.2, -0.15) is 0 Å². The summed E-state index contributed by atoms with van der Waals surface area (Å²) in [7, 11) is 1.62. The predicted molar refractivity (Wildman–Crippen MR) is 105 cm³/mol. The second-order valence-electron chi connectivity index (χ2n) is 4.49. The van der Waals surface area contributed by atoms with Gasteiger partial charge in [0.15, 0.2) is 0 Å². The fourth-order valence-corrected chi connectivity index (χ4v) is 2.07. The molecule has 2 heterocycles. The van der Waals surface area contributed by atoms with E-state index >= 15 is 0 Å². The van der Waals surface area contributed by atoms with Crippen molar-refractivity contribution in [1.29, 1.82) is 0 Å². The number of rotatable bonds is 4. The zero-order chi connectivity index (χ0) is 17.9. The van der Waals surface area contributed by atoms with E-state index in [-0.39, 0.29) is 1.43 Å². The molecule has 0 saturated carbocycles. The van der Waals surface area contributed by atoms with Crippen LogP contribution >= 0.6 is 12.8 Å². The van der Waals surface area contributed by atoms with Crippen LogP contribution in [-0.4, -0.2) is 29.8 Å². The summed E-state index contributed by atoms with van der Waals surface area (Å²) in [6.07, 6.45) is 3.51. The monoisotopic (exact) mass is 347 g/mol. The Bertz CT molecular complexity index is 709. The number of nitrogens with zero attached hydrogens (tertiary/aromatic N) is 4. The summed E-state index contributed by atoms with van der Waals surface area (Å²) in [4.78, 5) is 16.6. The van der Waals surface area contributed by atoms with Crippen molar-refractivity contribution in [3.8, 4) is 17.0 Å². The SMILES string of the molecule is C=NC(=NCc1cnc(-c2ccnc(C)c2)c(OC)c1)NS.CC.[HH]. The topological polar surface area (TPSA) is 71.8 Å². The van der Waals surface area contributed by atoms with Crippen LogP contribution in [0.2, 0.25) is 0 Å². The summed E-state index contributed by atoms with van der Waals surface area (Å²) in [5.41, 5.74) is 3.56. The zero-order valence-corrected chi connectivity index (χ0v) is 15.3. The predicted octanol–water partition coefficient (Wildman–Crippen LogP) is 3.72. The first-order chi connectivity index (χ1) is 11.7. The molecule has 0 saturated heterocycles. The Morgan fingerprint density at radius 2 is 2.12 bits per heavy atom. The summed E-state index contributed by atoms with van der Waals surface area (Å²) >= 11 is 3.89. The normalized spacial score (nSPS) is 10.5. The average molecular weight is 347 g/mol. The van der Waals surface area contributed by atoms with Gasteiger partial charge in [0, 0.05) is 25.1 Å². The van der Waals surface area contributed by atoms with Gasteiger partial charge in [-0.25, -0.2) is 9.98 Å². The number of aromatic nitrogens is 2. The second kappa shape index (κ2) is 10.4. The lowest BCUT2D eigenvalue weighted by Crippen LogP contribution is -2.09. The minimum Gasteiger partial charge on any atom is -0.494 e. The highest BCUT2D eigenvalue weighted by Crippen LogP contribution is 2.28. The van der Waals surface area contributed by atoms with Gasteiger partial charge < -0.3 is 9.46 Å². The van der Waals surface area contributed by atoms with Crippen LogP contribution in [0.5, 0.6) is 5.75 Å². The highest BCUT2D eigenvalue weighted by atomic mass is 32.1. The number of nitrogens with one attached hydrogen (secondary N) is 1. The van der Waals surface area contributed by atoms with Gasteiger partial charge in [0.1, 0.15) is 11.4 Å². The van der Waals surface area contributed by atoms with Crippen molar-refractivity contribution in [3.63, 3.8) is 0 Å². The maximum absolute atomic E-state index is 5.44. The molecule has 0 fully saturated rings. The highest BCUT2D eigenvalue weighted by molar-refractivity contribution is 7.78. The number of methoxy groups -OCH3 is 1. The van der Waals surface area contributed by atoms with E-state index in [0.29, 0.717) is 18.3 Å². The minimum absolute atomic E-state index is 0. The standard InChI is InChI=1S/C15H17N5OS.C2H6.H2/c1-10-6-12(4-5-17-10)14-13(21-3)7-11(8-18-14)9-19-15(16-2)20-22;1-2;/h4-8,22H,2,9H2,1,3H3,(H,19,20);1-2H3;1H. The van der Waals surface area contributed by atoms with Gasteiger partial charge in [0.05, 0.1) is 13.7 Å². The Morgan fingerprint density at radius 3 is 2.71 bits per heavy atom. The smallest absolute Gasteiger partial charge is 0.227 e. The molecular formula is C17H25N5OS. The number of hydrogen-bond acceptors (Lipinski definition) is 5. The summed E-state index contributed by atoms with van der Waals surface area (Å²) in [6, 6.07) is 5.77. The molecule has 1 N–H and O–H groups in total. The number of hydrogen-bond donors (Lipinski definition) is 2. The van der Waals surface area contributed by atoms with Crippen LogP contribution < -0.4 is 9.46 Å². The van der Waals surface area contributed by atoms with E-state index in [2.05, 4.69) is 44.2 Å². The zero-order valence-electron chi connectivity index (χ0n) is 14.4. The summed E-state index contributed by atoms with van der Waals surface area (Å²) in [5, 5.41) is 0. The van der Waals surface area contributed by atoms with E-state index in [9.17, 15) is 0 Å². The maximum atomic E-state index is 5.44. The molecule has 2 aromatic heterocycles. The summed E-state index contributed by atoms with van der Waals surface area (Å²) in [5.74, 6) is 1.04. The number of ether oxygens (including phenoxy) is 1. The van der Waals surface area contributed by atoms with Crippen molar-refractivity contribution in [3.05, 3.63) is 41.9 Å². The van der Waals surface area contributed by atoms with Gasteiger partial charge in [-0.15, -0.1) is 0 Å². The van der Waals surface area contributed by atoms with Crippen LogP contribution in [0, 0.1) is 6.92 Å². The number of guanidine groups is 1. The van der Waals surface area contributed by atoms with Crippen molar-refractivity contribution < 1.29 is 6.16 Å². The quantitative estimate of drug-likeness (QED) is 0.502. The molecular weight excluding hydrogens is 322 g/mol. The van der Waals surface area contributed by atoms with Crippen molar-refractivity contribution in [2.45, 2.75) is 27.3 Å². The number of pyridine rings is 2. The van der Waals surface area contributed by atoms with E-state index in [0.717, 1.165) is 22.5 Å². The third-order valence-electron chi connectivity index (χ3n) is 2.96. The van der Waals surface area contributed by atoms with Crippen LogP contribution in [0.4, 0.5) is 0 Å². The van der Waals surface area contributed by atoms with Gasteiger partial charge >= 0.3 is 0 Å². The van der Waals surface area contributed by atoms with E-state index in [1.807, 2.05) is 39.0 Å². The lowest BCUT2D eigenvalue weighted by molar-refractivity contribution is 0.414. The Labute approximate surface area is 150 Å². The second-order valence-corrected chi connectivity index (χ2v) is 4.71.